The topological polar surface area (TPSA) is 44.5 Å². The van der Waals surface area contributed by atoms with E-state index in [0.29, 0.717) is 29.7 Å². The van der Waals surface area contributed by atoms with Gasteiger partial charge in [-0.1, -0.05) is 11.6 Å². The Hall–Kier alpha value is -0.640. The third-order valence-electron chi connectivity index (χ3n) is 1.50. The van der Waals surface area contributed by atoms with Crippen LogP contribution < -0.4 is 15.2 Å². The van der Waals surface area contributed by atoms with Crippen LogP contribution in [-0.4, -0.2) is 20.3 Å². The predicted molar refractivity (Wildman–Crippen MR) is 59.8 cm³/mol. The van der Waals surface area contributed by atoms with Crippen LogP contribution in [0, 0.1) is 0 Å². The first-order valence-corrected chi connectivity index (χ1v) is 4.32. The third kappa shape index (κ3) is 3.62. The van der Waals surface area contributed by atoms with E-state index in [1.807, 2.05) is 0 Å². The molecule has 1 rings (SSSR count). The minimum atomic E-state index is 0. The molecule has 2 N–H and O–H groups in total. The van der Waals surface area contributed by atoms with E-state index in [1.54, 1.807) is 25.3 Å². The van der Waals surface area contributed by atoms with E-state index in [1.165, 1.54) is 0 Å². The van der Waals surface area contributed by atoms with Gasteiger partial charge >= 0.3 is 0 Å². The molecule has 14 heavy (non-hydrogen) atoms. The van der Waals surface area contributed by atoms with E-state index < -0.39 is 0 Å². The molecule has 0 fully saturated rings. The molecule has 0 aliphatic heterocycles. The van der Waals surface area contributed by atoms with E-state index in [4.69, 9.17) is 26.8 Å². The quantitative estimate of drug-likeness (QED) is 0.873. The van der Waals surface area contributed by atoms with Gasteiger partial charge in [-0.2, -0.15) is 0 Å². The van der Waals surface area contributed by atoms with Crippen molar-refractivity contribution in [1.82, 2.24) is 0 Å². The van der Waals surface area contributed by atoms with Gasteiger partial charge in [0, 0.05) is 17.6 Å². The van der Waals surface area contributed by atoms with Crippen LogP contribution >= 0.6 is 24.0 Å². The fourth-order valence-electron chi connectivity index (χ4n) is 0.932. The second-order valence-electron chi connectivity index (χ2n) is 2.43. The Kier molecular flexibility index (Phi) is 6.45. The fourth-order valence-corrected chi connectivity index (χ4v) is 1.09. The summed E-state index contributed by atoms with van der Waals surface area (Å²) in [6.45, 7) is 0.923. The molecule has 0 atom stereocenters. The van der Waals surface area contributed by atoms with Gasteiger partial charge in [-0.25, -0.2) is 0 Å². The highest BCUT2D eigenvalue weighted by Crippen LogP contribution is 2.29. The van der Waals surface area contributed by atoms with Crippen LogP contribution in [-0.2, 0) is 0 Å². The van der Waals surface area contributed by atoms with Gasteiger partial charge < -0.3 is 15.2 Å². The van der Waals surface area contributed by atoms with Crippen LogP contribution in [0.2, 0.25) is 5.02 Å². The number of hydrogen-bond acceptors (Lipinski definition) is 3. The van der Waals surface area contributed by atoms with Gasteiger partial charge in [0.05, 0.1) is 7.11 Å². The smallest absolute Gasteiger partial charge is 0.162 e. The maximum atomic E-state index is 5.79. The lowest BCUT2D eigenvalue weighted by molar-refractivity contribution is 0.302. The molecule has 0 heterocycles. The Morgan fingerprint density at radius 3 is 2.64 bits per heavy atom. The van der Waals surface area contributed by atoms with Crippen LogP contribution in [0.15, 0.2) is 18.2 Å². The zero-order chi connectivity index (χ0) is 9.68. The SMILES string of the molecule is COc1ccc(Cl)cc1OCCN.Cl. The standard InChI is InChI=1S/C9H12ClNO2.ClH/c1-12-8-3-2-7(10)6-9(8)13-5-4-11;/h2-3,6H,4-5,11H2,1H3;1H. The molecule has 0 amide bonds. The average Bonchev–Trinajstić information content (AvgIpc) is 2.15. The van der Waals surface area contributed by atoms with Gasteiger partial charge in [0.2, 0.25) is 0 Å². The van der Waals surface area contributed by atoms with Crippen molar-refractivity contribution in [2.75, 3.05) is 20.3 Å². The van der Waals surface area contributed by atoms with Gasteiger partial charge in [-0.3, -0.25) is 0 Å². The van der Waals surface area contributed by atoms with E-state index in [9.17, 15) is 0 Å². The molecule has 0 saturated carbocycles. The summed E-state index contributed by atoms with van der Waals surface area (Å²) < 4.78 is 10.4. The number of benzene rings is 1. The van der Waals surface area contributed by atoms with Crippen molar-refractivity contribution in [3.8, 4) is 11.5 Å². The molecule has 1 aromatic carbocycles. The Morgan fingerprint density at radius 2 is 2.07 bits per heavy atom. The first kappa shape index (κ1) is 13.4. The molecular formula is C9H13Cl2NO2. The molecule has 3 nitrogen and oxygen atoms in total. The number of methoxy groups -OCH3 is 1. The van der Waals surface area contributed by atoms with Gasteiger partial charge in [0.15, 0.2) is 11.5 Å². The first-order chi connectivity index (χ1) is 6.27. The second-order valence-corrected chi connectivity index (χ2v) is 2.87. The van der Waals surface area contributed by atoms with Crippen LogP contribution in [0.1, 0.15) is 0 Å². The largest absolute Gasteiger partial charge is 0.493 e. The number of hydrogen-bond donors (Lipinski definition) is 1. The molecule has 0 aliphatic rings. The van der Waals surface area contributed by atoms with E-state index in [2.05, 4.69) is 0 Å². The summed E-state index contributed by atoms with van der Waals surface area (Å²) in [6, 6.07) is 5.21. The average molecular weight is 238 g/mol. The van der Waals surface area contributed by atoms with Crippen LogP contribution in [0.3, 0.4) is 0 Å². The molecule has 0 bridgehead atoms. The highest BCUT2D eigenvalue weighted by atomic mass is 35.5. The third-order valence-corrected chi connectivity index (χ3v) is 1.74. The Balaban J connectivity index is 0.00000169. The minimum Gasteiger partial charge on any atom is -0.493 e. The normalized spacial score (nSPS) is 9.07. The molecule has 0 unspecified atom stereocenters. The monoisotopic (exact) mass is 237 g/mol. The predicted octanol–water partition coefficient (Wildman–Crippen LogP) is 2.11. The van der Waals surface area contributed by atoms with Crippen LogP contribution in [0.5, 0.6) is 11.5 Å². The van der Waals surface area contributed by atoms with Crippen LogP contribution in [0.25, 0.3) is 0 Å². The van der Waals surface area contributed by atoms with Gasteiger partial charge in [-0.15, -0.1) is 12.4 Å². The van der Waals surface area contributed by atoms with Gasteiger partial charge in [0.25, 0.3) is 0 Å². The summed E-state index contributed by atoms with van der Waals surface area (Å²) in [5, 5.41) is 0.618. The first-order valence-electron chi connectivity index (χ1n) is 3.94. The van der Waals surface area contributed by atoms with Crippen molar-refractivity contribution in [1.29, 1.82) is 0 Å². The molecule has 0 aliphatic carbocycles. The number of nitrogens with two attached hydrogens (primary N) is 1. The molecule has 0 spiro atoms. The lowest BCUT2D eigenvalue weighted by atomic mass is 10.3. The lowest BCUT2D eigenvalue weighted by Crippen LogP contribution is -2.11. The highest BCUT2D eigenvalue weighted by Gasteiger charge is 2.03. The molecule has 0 aromatic heterocycles. The van der Waals surface area contributed by atoms with E-state index in [-0.39, 0.29) is 12.4 Å². The summed E-state index contributed by atoms with van der Waals surface area (Å²) in [5.41, 5.74) is 5.31. The van der Waals surface area contributed by atoms with E-state index >= 15 is 0 Å². The molecule has 1 aromatic rings. The van der Waals surface area contributed by atoms with Crippen LogP contribution in [0.4, 0.5) is 0 Å². The molecule has 0 saturated heterocycles. The van der Waals surface area contributed by atoms with Crippen molar-refractivity contribution in [3.63, 3.8) is 0 Å². The highest BCUT2D eigenvalue weighted by molar-refractivity contribution is 6.30. The van der Waals surface area contributed by atoms with Crippen molar-refractivity contribution in [2.45, 2.75) is 0 Å². The molecule has 5 heteroatoms. The summed E-state index contributed by atoms with van der Waals surface area (Å²) >= 11 is 5.79. The Labute approximate surface area is 94.5 Å². The van der Waals surface area contributed by atoms with Crippen molar-refractivity contribution in [2.24, 2.45) is 5.73 Å². The summed E-state index contributed by atoms with van der Waals surface area (Å²) in [7, 11) is 1.58. The Bertz CT molecular complexity index is 282. The second kappa shape index (κ2) is 6.76. The van der Waals surface area contributed by atoms with Gasteiger partial charge in [-0.05, 0) is 12.1 Å². The number of rotatable bonds is 4. The molecule has 0 radical (unpaired) electrons. The fraction of sp³-hybridized carbons (Fsp3) is 0.333. The molecule has 80 valence electrons. The summed E-state index contributed by atoms with van der Waals surface area (Å²) in [4.78, 5) is 0. The van der Waals surface area contributed by atoms with Crippen molar-refractivity contribution in [3.05, 3.63) is 23.2 Å². The number of ether oxygens (including phenoxy) is 2. The Morgan fingerprint density at radius 1 is 1.36 bits per heavy atom. The van der Waals surface area contributed by atoms with Crippen molar-refractivity contribution >= 4 is 24.0 Å². The zero-order valence-corrected chi connectivity index (χ0v) is 9.40. The maximum Gasteiger partial charge on any atom is 0.162 e. The zero-order valence-electron chi connectivity index (χ0n) is 7.83. The summed E-state index contributed by atoms with van der Waals surface area (Å²) in [5.74, 6) is 1.29. The number of halogens is 2. The van der Waals surface area contributed by atoms with Crippen molar-refractivity contribution < 1.29 is 9.47 Å². The molecular weight excluding hydrogens is 225 g/mol. The van der Waals surface area contributed by atoms with E-state index in [0.717, 1.165) is 0 Å². The lowest BCUT2D eigenvalue weighted by Gasteiger charge is -2.09. The van der Waals surface area contributed by atoms with Gasteiger partial charge in [0.1, 0.15) is 6.61 Å². The summed E-state index contributed by atoms with van der Waals surface area (Å²) in [6.07, 6.45) is 0. The minimum absolute atomic E-state index is 0. The maximum absolute atomic E-state index is 5.79.